The summed E-state index contributed by atoms with van der Waals surface area (Å²) in [6.07, 6.45) is 2.12. The van der Waals surface area contributed by atoms with E-state index in [1.54, 1.807) is 48.5 Å². The lowest BCUT2D eigenvalue weighted by atomic mass is 10.1. The fourth-order valence-corrected chi connectivity index (χ4v) is 4.55. The van der Waals surface area contributed by atoms with E-state index in [0.717, 1.165) is 57.1 Å². The number of halogens is 6. The summed E-state index contributed by atoms with van der Waals surface area (Å²) in [4.78, 5) is 0. The van der Waals surface area contributed by atoms with Crippen LogP contribution in [0.3, 0.4) is 0 Å². The molecule has 228 valence electrons. The van der Waals surface area contributed by atoms with E-state index in [4.69, 9.17) is 9.47 Å². The van der Waals surface area contributed by atoms with E-state index in [2.05, 4.69) is 4.74 Å². The maximum Gasteiger partial charge on any atom is 0.573 e. The monoisotopic (exact) mass is 602 g/mol. The second-order valence-corrected chi connectivity index (χ2v) is 10.0. The first-order valence-electron chi connectivity index (χ1n) is 14.1. The number of hydrogen-bond donors (Lipinski definition) is 0. The molecular weight excluding hydrogens is 570 g/mol. The smallest absolute Gasteiger partial charge is 0.494 e. The lowest BCUT2D eigenvalue weighted by Gasteiger charge is -2.11. The van der Waals surface area contributed by atoms with Crippen LogP contribution in [0.25, 0.3) is 22.3 Å². The Bertz CT molecular complexity index is 1440. The maximum absolute atomic E-state index is 14.5. The van der Waals surface area contributed by atoms with Crippen molar-refractivity contribution in [2.75, 3.05) is 13.2 Å². The van der Waals surface area contributed by atoms with Crippen molar-refractivity contribution in [3.63, 3.8) is 0 Å². The Balaban J connectivity index is 1.05. The number of alkyl halides is 3. The Labute approximate surface area is 247 Å². The molecule has 0 spiro atoms. The van der Waals surface area contributed by atoms with Gasteiger partial charge in [-0.25, -0.2) is 13.2 Å². The lowest BCUT2D eigenvalue weighted by Crippen LogP contribution is -2.17. The van der Waals surface area contributed by atoms with Crippen LogP contribution in [0.5, 0.6) is 17.2 Å². The van der Waals surface area contributed by atoms with E-state index in [1.165, 1.54) is 24.3 Å². The molecule has 0 unspecified atom stereocenters. The summed E-state index contributed by atoms with van der Waals surface area (Å²) in [5.74, 6) is -1.60. The Hall–Kier alpha value is -4.14. The van der Waals surface area contributed by atoms with Gasteiger partial charge in [0.05, 0.1) is 13.2 Å². The molecule has 4 rings (SSSR count). The van der Waals surface area contributed by atoms with Crippen molar-refractivity contribution in [2.24, 2.45) is 0 Å². The van der Waals surface area contributed by atoms with E-state index in [9.17, 15) is 26.3 Å². The largest absolute Gasteiger partial charge is 0.573 e. The Morgan fingerprint density at radius 1 is 0.488 bits per heavy atom. The number of unbranched alkanes of at least 4 members (excludes halogenated alkanes) is 6. The van der Waals surface area contributed by atoms with Gasteiger partial charge in [0.2, 0.25) is 0 Å². The minimum absolute atomic E-state index is 0.365. The second-order valence-electron chi connectivity index (χ2n) is 10.0. The fraction of sp³-hybridized carbons (Fsp3) is 0.294. The highest BCUT2D eigenvalue weighted by Crippen LogP contribution is 2.31. The third-order valence-electron chi connectivity index (χ3n) is 6.77. The molecule has 0 saturated carbocycles. The van der Waals surface area contributed by atoms with Crippen LogP contribution in [0.4, 0.5) is 26.3 Å². The topological polar surface area (TPSA) is 27.7 Å². The molecule has 0 bridgehead atoms. The zero-order chi connectivity index (χ0) is 30.7. The van der Waals surface area contributed by atoms with Crippen LogP contribution in [0.2, 0.25) is 0 Å². The number of benzene rings is 4. The summed E-state index contributed by atoms with van der Waals surface area (Å²) >= 11 is 0. The summed E-state index contributed by atoms with van der Waals surface area (Å²) in [6.45, 7) is 1.07. The van der Waals surface area contributed by atoms with Crippen LogP contribution in [-0.4, -0.2) is 19.6 Å². The Morgan fingerprint density at radius 3 is 1.60 bits per heavy atom. The van der Waals surface area contributed by atoms with Crippen molar-refractivity contribution in [3.8, 4) is 39.5 Å². The van der Waals surface area contributed by atoms with Gasteiger partial charge in [-0.1, -0.05) is 62.4 Å². The number of hydrogen-bond acceptors (Lipinski definition) is 3. The number of ether oxygens (including phenoxy) is 3. The van der Waals surface area contributed by atoms with Gasteiger partial charge >= 0.3 is 6.36 Å². The fourth-order valence-electron chi connectivity index (χ4n) is 4.55. The predicted molar refractivity (Wildman–Crippen MR) is 154 cm³/mol. The highest BCUT2D eigenvalue weighted by molar-refractivity contribution is 5.66. The molecule has 0 fully saturated rings. The lowest BCUT2D eigenvalue weighted by molar-refractivity contribution is -0.275. The van der Waals surface area contributed by atoms with Gasteiger partial charge in [0.1, 0.15) is 23.1 Å². The van der Waals surface area contributed by atoms with Crippen LogP contribution in [-0.2, 0) is 0 Å². The van der Waals surface area contributed by atoms with Crippen molar-refractivity contribution >= 4 is 0 Å². The summed E-state index contributed by atoms with van der Waals surface area (Å²) in [5.41, 5.74) is 2.08. The molecular formula is C34H32F6O3. The average molecular weight is 603 g/mol. The van der Waals surface area contributed by atoms with Gasteiger partial charge in [-0.3, -0.25) is 0 Å². The third kappa shape index (κ3) is 10.3. The summed E-state index contributed by atoms with van der Waals surface area (Å²) in [5, 5.41) is 0. The molecule has 0 saturated heterocycles. The molecule has 0 radical (unpaired) electrons. The second kappa shape index (κ2) is 15.4. The molecule has 0 N–H and O–H groups in total. The van der Waals surface area contributed by atoms with Gasteiger partial charge in [-0.2, -0.15) is 0 Å². The van der Waals surface area contributed by atoms with E-state index >= 15 is 0 Å². The first-order chi connectivity index (χ1) is 20.7. The SMILES string of the molecule is Fc1ccc(-c2ccc(OCCCCCCCCCOc3ccc(-c4ccc(OC(F)(F)F)c(F)c4)cc3)cc2F)cc1. The molecule has 9 heteroatoms. The molecule has 0 aliphatic rings. The van der Waals surface area contributed by atoms with Crippen LogP contribution in [0.15, 0.2) is 84.9 Å². The minimum atomic E-state index is -4.95. The molecule has 4 aromatic carbocycles. The zero-order valence-electron chi connectivity index (χ0n) is 23.4. The maximum atomic E-state index is 14.5. The normalized spacial score (nSPS) is 11.4. The zero-order valence-corrected chi connectivity index (χ0v) is 23.4. The summed E-state index contributed by atoms with van der Waals surface area (Å²) < 4.78 is 93.6. The third-order valence-corrected chi connectivity index (χ3v) is 6.77. The molecule has 4 aromatic rings. The molecule has 0 aromatic heterocycles. The first-order valence-corrected chi connectivity index (χ1v) is 14.1. The first kappa shape index (κ1) is 31.8. The molecule has 0 aliphatic heterocycles. The van der Waals surface area contributed by atoms with Crippen molar-refractivity contribution in [3.05, 3.63) is 102 Å². The van der Waals surface area contributed by atoms with Gasteiger partial charge in [-0.15, -0.1) is 13.2 Å². The molecule has 0 atom stereocenters. The van der Waals surface area contributed by atoms with Crippen LogP contribution >= 0.6 is 0 Å². The van der Waals surface area contributed by atoms with Crippen molar-refractivity contribution in [1.29, 1.82) is 0 Å². The average Bonchev–Trinajstić information content (AvgIpc) is 2.97. The molecule has 3 nitrogen and oxygen atoms in total. The van der Waals surface area contributed by atoms with Crippen LogP contribution in [0.1, 0.15) is 44.9 Å². The van der Waals surface area contributed by atoms with Crippen molar-refractivity contribution in [2.45, 2.75) is 51.3 Å². The van der Waals surface area contributed by atoms with Gasteiger partial charge in [0.25, 0.3) is 0 Å². The Morgan fingerprint density at radius 2 is 1.02 bits per heavy atom. The van der Waals surface area contributed by atoms with Gasteiger partial charge in [-0.05, 0) is 78.1 Å². The number of rotatable bonds is 15. The highest BCUT2D eigenvalue weighted by Gasteiger charge is 2.32. The highest BCUT2D eigenvalue weighted by atomic mass is 19.4. The summed E-state index contributed by atoms with van der Waals surface area (Å²) in [6, 6.07) is 20.6. The molecule has 43 heavy (non-hydrogen) atoms. The quantitative estimate of drug-likeness (QED) is 0.100. The van der Waals surface area contributed by atoms with E-state index in [1.807, 2.05) is 0 Å². The molecule has 0 amide bonds. The van der Waals surface area contributed by atoms with Gasteiger partial charge in [0.15, 0.2) is 11.6 Å². The Kier molecular flexibility index (Phi) is 11.4. The van der Waals surface area contributed by atoms with Crippen LogP contribution in [0, 0.1) is 17.5 Å². The van der Waals surface area contributed by atoms with Crippen LogP contribution < -0.4 is 14.2 Å². The molecule has 0 aliphatic carbocycles. The minimum Gasteiger partial charge on any atom is -0.494 e. The molecule has 0 heterocycles. The standard InChI is InChI=1S/C34H32F6O3/c35-27-13-8-25(9-14-27)30-18-17-29(23-31(30)36)42-21-7-5-3-1-2-4-6-20-41-28-15-10-24(11-16-28)26-12-19-33(32(37)22-26)43-34(38,39)40/h8-19,22-23H,1-7,20-21H2. The summed E-state index contributed by atoms with van der Waals surface area (Å²) in [7, 11) is 0. The van der Waals surface area contributed by atoms with Crippen molar-refractivity contribution in [1.82, 2.24) is 0 Å². The van der Waals surface area contributed by atoms with E-state index in [0.29, 0.717) is 47.0 Å². The van der Waals surface area contributed by atoms with Gasteiger partial charge < -0.3 is 14.2 Å². The van der Waals surface area contributed by atoms with E-state index < -0.39 is 23.7 Å². The predicted octanol–water partition coefficient (Wildman–Crippen LogP) is 10.5. The van der Waals surface area contributed by atoms with Gasteiger partial charge in [0, 0.05) is 11.6 Å². The van der Waals surface area contributed by atoms with Crippen molar-refractivity contribution < 1.29 is 40.6 Å². The van der Waals surface area contributed by atoms with E-state index in [-0.39, 0.29) is 5.82 Å².